The number of aromatic nitrogens is 2. The van der Waals surface area contributed by atoms with Gasteiger partial charge in [-0.05, 0) is 25.1 Å². The molecule has 0 bridgehead atoms. The van der Waals surface area contributed by atoms with E-state index in [9.17, 15) is 0 Å². The number of hydrogen-bond donors (Lipinski definition) is 0. The van der Waals surface area contributed by atoms with Crippen molar-refractivity contribution < 1.29 is 0 Å². The SMILES string of the molecule is CC(c1ccccn1)N1CCN(c2ccncc2Cl)CC1. The number of piperazine rings is 1. The molecular formula is C16H19ClN4. The fourth-order valence-electron chi connectivity index (χ4n) is 2.78. The molecule has 0 aliphatic carbocycles. The number of anilines is 1. The van der Waals surface area contributed by atoms with Gasteiger partial charge in [-0.25, -0.2) is 0 Å². The maximum atomic E-state index is 6.22. The van der Waals surface area contributed by atoms with Crippen LogP contribution in [0.5, 0.6) is 0 Å². The van der Waals surface area contributed by atoms with Crippen LogP contribution in [0.25, 0.3) is 0 Å². The molecule has 0 saturated carbocycles. The van der Waals surface area contributed by atoms with Crippen molar-refractivity contribution >= 4 is 17.3 Å². The molecule has 1 aliphatic heterocycles. The third kappa shape index (κ3) is 3.17. The van der Waals surface area contributed by atoms with Crippen molar-refractivity contribution in [2.24, 2.45) is 0 Å². The summed E-state index contributed by atoms with van der Waals surface area (Å²) in [7, 11) is 0. The molecule has 2 aromatic rings. The summed E-state index contributed by atoms with van der Waals surface area (Å²) in [6.45, 7) is 6.19. The average Bonchev–Trinajstić information content (AvgIpc) is 2.56. The first-order chi connectivity index (χ1) is 10.3. The molecule has 1 fully saturated rings. The minimum atomic E-state index is 0.348. The number of pyridine rings is 2. The van der Waals surface area contributed by atoms with E-state index >= 15 is 0 Å². The lowest BCUT2D eigenvalue weighted by Crippen LogP contribution is -2.47. The van der Waals surface area contributed by atoms with Crippen LogP contribution in [-0.2, 0) is 0 Å². The van der Waals surface area contributed by atoms with Crippen LogP contribution in [0.1, 0.15) is 18.7 Å². The van der Waals surface area contributed by atoms with Crippen LogP contribution in [0.4, 0.5) is 5.69 Å². The molecule has 1 saturated heterocycles. The topological polar surface area (TPSA) is 32.3 Å². The molecule has 3 heterocycles. The van der Waals surface area contributed by atoms with E-state index in [-0.39, 0.29) is 0 Å². The summed E-state index contributed by atoms with van der Waals surface area (Å²) in [5.41, 5.74) is 2.21. The molecule has 0 aromatic carbocycles. The predicted octanol–water partition coefficient (Wildman–Crippen LogP) is 3.01. The predicted molar refractivity (Wildman–Crippen MR) is 85.7 cm³/mol. The molecule has 1 unspecified atom stereocenters. The summed E-state index contributed by atoms with van der Waals surface area (Å²) < 4.78 is 0. The van der Waals surface area contributed by atoms with E-state index in [1.165, 1.54) is 0 Å². The van der Waals surface area contributed by atoms with Crippen LogP contribution in [0.3, 0.4) is 0 Å². The lowest BCUT2D eigenvalue weighted by atomic mass is 10.1. The Bertz CT molecular complexity index is 582. The van der Waals surface area contributed by atoms with E-state index in [2.05, 4.69) is 32.8 Å². The molecule has 5 heteroatoms. The first-order valence-electron chi connectivity index (χ1n) is 7.25. The molecule has 0 N–H and O–H groups in total. The molecule has 3 rings (SSSR count). The highest BCUT2D eigenvalue weighted by atomic mass is 35.5. The molecule has 21 heavy (non-hydrogen) atoms. The largest absolute Gasteiger partial charge is 0.368 e. The number of hydrogen-bond acceptors (Lipinski definition) is 4. The third-order valence-electron chi connectivity index (χ3n) is 4.07. The Balaban J connectivity index is 1.64. The summed E-state index contributed by atoms with van der Waals surface area (Å²) >= 11 is 6.22. The average molecular weight is 303 g/mol. The van der Waals surface area contributed by atoms with Crippen LogP contribution in [0.2, 0.25) is 5.02 Å². The Hall–Kier alpha value is -1.65. The lowest BCUT2D eigenvalue weighted by molar-refractivity contribution is 0.195. The van der Waals surface area contributed by atoms with Crippen molar-refractivity contribution in [2.75, 3.05) is 31.1 Å². The Morgan fingerprint density at radius 3 is 2.57 bits per heavy atom. The first-order valence-corrected chi connectivity index (χ1v) is 7.63. The highest BCUT2D eigenvalue weighted by molar-refractivity contribution is 6.33. The maximum absolute atomic E-state index is 6.22. The van der Waals surface area contributed by atoms with Gasteiger partial charge in [0.1, 0.15) is 0 Å². The molecule has 1 atom stereocenters. The second-order valence-corrected chi connectivity index (χ2v) is 5.69. The van der Waals surface area contributed by atoms with E-state index in [0.29, 0.717) is 6.04 Å². The summed E-state index contributed by atoms with van der Waals surface area (Å²) in [5, 5.41) is 0.726. The van der Waals surface area contributed by atoms with E-state index in [1.807, 2.05) is 24.4 Å². The summed E-state index contributed by atoms with van der Waals surface area (Å²) in [5.74, 6) is 0. The zero-order valence-electron chi connectivity index (χ0n) is 12.1. The second-order valence-electron chi connectivity index (χ2n) is 5.28. The highest BCUT2D eigenvalue weighted by Crippen LogP contribution is 2.27. The standard InChI is InChI=1S/C16H19ClN4/c1-13(15-4-2-3-6-19-15)20-8-10-21(11-9-20)16-5-7-18-12-14(16)17/h2-7,12-13H,8-11H2,1H3. The Morgan fingerprint density at radius 1 is 1.10 bits per heavy atom. The van der Waals surface area contributed by atoms with Gasteiger partial charge >= 0.3 is 0 Å². The Kier molecular flexibility index (Phi) is 4.36. The van der Waals surface area contributed by atoms with Crippen molar-refractivity contribution in [3.05, 3.63) is 53.6 Å². The summed E-state index contributed by atoms with van der Waals surface area (Å²) in [6.07, 6.45) is 5.36. The zero-order valence-corrected chi connectivity index (χ0v) is 12.9. The van der Waals surface area contributed by atoms with Crippen molar-refractivity contribution in [2.45, 2.75) is 13.0 Å². The van der Waals surface area contributed by atoms with Gasteiger partial charge in [-0.1, -0.05) is 17.7 Å². The van der Waals surface area contributed by atoms with Gasteiger partial charge in [0.25, 0.3) is 0 Å². The Labute approximate surface area is 130 Å². The summed E-state index contributed by atoms with van der Waals surface area (Å²) in [6, 6.07) is 8.43. The van der Waals surface area contributed by atoms with E-state index in [4.69, 9.17) is 11.6 Å². The van der Waals surface area contributed by atoms with Gasteiger partial charge in [-0.2, -0.15) is 0 Å². The number of rotatable bonds is 3. The van der Waals surface area contributed by atoms with Crippen LogP contribution < -0.4 is 4.90 Å². The fourth-order valence-corrected chi connectivity index (χ4v) is 3.02. The maximum Gasteiger partial charge on any atom is 0.0822 e. The molecule has 0 amide bonds. The van der Waals surface area contributed by atoms with E-state index in [0.717, 1.165) is 42.6 Å². The minimum absolute atomic E-state index is 0.348. The monoisotopic (exact) mass is 302 g/mol. The van der Waals surface area contributed by atoms with Gasteiger partial charge in [0.15, 0.2) is 0 Å². The highest BCUT2D eigenvalue weighted by Gasteiger charge is 2.23. The van der Waals surface area contributed by atoms with Gasteiger partial charge < -0.3 is 4.90 Å². The smallest absolute Gasteiger partial charge is 0.0822 e. The van der Waals surface area contributed by atoms with Crippen LogP contribution in [-0.4, -0.2) is 41.0 Å². The first kappa shape index (κ1) is 14.3. The van der Waals surface area contributed by atoms with Crippen LogP contribution in [0.15, 0.2) is 42.9 Å². The van der Waals surface area contributed by atoms with Crippen LogP contribution >= 0.6 is 11.6 Å². The number of nitrogens with zero attached hydrogens (tertiary/aromatic N) is 4. The van der Waals surface area contributed by atoms with Gasteiger partial charge in [0.2, 0.25) is 0 Å². The van der Waals surface area contributed by atoms with Gasteiger partial charge in [-0.3, -0.25) is 14.9 Å². The van der Waals surface area contributed by atoms with E-state index in [1.54, 1.807) is 12.4 Å². The molecule has 1 aliphatic rings. The summed E-state index contributed by atoms with van der Waals surface area (Å²) in [4.78, 5) is 13.3. The van der Waals surface area contributed by atoms with Gasteiger partial charge in [-0.15, -0.1) is 0 Å². The quantitative estimate of drug-likeness (QED) is 0.872. The van der Waals surface area contributed by atoms with Gasteiger partial charge in [0, 0.05) is 50.8 Å². The van der Waals surface area contributed by atoms with Crippen molar-refractivity contribution in [3.8, 4) is 0 Å². The Morgan fingerprint density at radius 2 is 1.90 bits per heavy atom. The minimum Gasteiger partial charge on any atom is -0.368 e. The lowest BCUT2D eigenvalue weighted by Gasteiger charge is -2.39. The molecule has 0 spiro atoms. The molecule has 0 radical (unpaired) electrons. The third-order valence-corrected chi connectivity index (χ3v) is 4.36. The number of halogens is 1. The fraction of sp³-hybridized carbons (Fsp3) is 0.375. The van der Waals surface area contributed by atoms with Crippen molar-refractivity contribution in [1.82, 2.24) is 14.9 Å². The molecular weight excluding hydrogens is 284 g/mol. The second kappa shape index (κ2) is 6.41. The molecule has 2 aromatic heterocycles. The van der Waals surface area contributed by atoms with Gasteiger partial charge in [0.05, 0.1) is 16.4 Å². The van der Waals surface area contributed by atoms with Crippen molar-refractivity contribution in [1.29, 1.82) is 0 Å². The van der Waals surface area contributed by atoms with E-state index < -0.39 is 0 Å². The zero-order chi connectivity index (χ0) is 14.7. The van der Waals surface area contributed by atoms with Crippen LogP contribution in [0, 0.1) is 0 Å². The van der Waals surface area contributed by atoms with Crippen molar-refractivity contribution in [3.63, 3.8) is 0 Å². The molecule has 4 nitrogen and oxygen atoms in total. The normalized spacial score (nSPS) is 17.7. The molecule has 110 valence electrons.